The Bertz CT molecular complexity index is 997. The van der Waals surface area contributed by atoms with Crippen LogP contribution >= 0.6 is 0 Å². The number of alkyl halides is 2. The molecule has 0 bridgehead atoms. The van der Waals surface area contributed by atoms with Crippen LogP contribution in [0.25, 0.3) is 0 Å². The van der Waals surface area contributed by atoms with Crippen molar-refractivity contribution in [2.75, 3.05) is 4.90 Å². The molecule has 2 nitrogen and oxygen atoms in total. The molecule has 0 aliphatic carbocycles. The lowest BCUT2D eigenvalue weighted by molar-refractivity contribution is 0.183. The minimum absolute atomic E-state index is 0.144. The highest BCUT2D eigenvalue weighted by Crippen LogP contribution is 2.37. The minimum Gasteiger partial charge on any atom is -0.313 e. The molecular formula is C23H17F3N2. The van der Waals surface area contributed by atoms with Gasteiger partial charge in [-0.25, -0.2) is 13.2 Å². The summed E-state index contributed by atoms with van der Waals surface area (Å²) in [5, 5.41) is 0. The van der Waals surface area contributed by atoms with Gasteiger partial charge in [-0.15, -0.1) is 0 Å². The van der Waals surface area contributed by atoms with E-state index in [1.54, 1.807) is 41.3 Å². The number of anilines is 1. The molecular weight excluding hydrogens is 361 g/mol. The van der Waals surface area contributed by atoms with Crippen molar-refractivity contribution in [3.63, 3.8) is 0 Å². The maximum atomic E-state index is 14.1. The topological polar surface area (TPSA) is 15.6 Å². The van der Waals surface area contributed by atoms with Crippen molar-refractivity contribution < 1.29 is 13.2 Å². The van der Waals surface area contributed by atoms with Crippen LogP contribution in [0.3, 0.4) is 0 Å². The predicted octanol–water partition coefficient (Wildman–Crippen LogP) is 5.98. The van der Waals surface area contributed by atoms with Crippen molar-refractivity contribution >= 4 is 11.4 Å². The van der Waals surface area contributed by atoms with Crippen molar-refractivity contribution in [1.29, 1.82) is 0 Å². The molecule has 0 fully saturated rings. The first-order valence-corrected chi connectivity index (χ1v) is 8.86. The van der Waals surface area contributed by atoms with Gasteiger partial charge in [-0.3, -0.25) is 4.99 Å². The average Bonchev–Trinajstić information content (AvgIpc) is 2.74. The fourth-order valence-electron chi connectivity index (χ4n) is 3.25. The molecule has 5 heteroatoms. The third-order valence-electron chi connectivity index (χ3n) is 4.56. The van der Waals surface area contributed by atoms with Crippen LogP contribution in [0.4, 0.5) is 18.9 Å². The van der Waals surface area contributed by atoms with Crippen LogP contribution in [0.2, 0.25) is 0 Å². The second-order valence-corrected chi connectivity index (χ2v) is 6.38. The molecule has 1 atom stereocenters. The largest absolute Gasteiger partial charge is 0.313 e. The quantitative estimate of drug-likeness (QED) is 0.545. The Morgan fingerprint density at radius 1 is 0.786 bits per heavy atom. The molecule has 4 rings (SSSR count). The highest BCUT2D eigenvalue weighted by molar-refractivity contribution is 6.10. The third-order valence-corrected chi connectivity index (χ3v) is 4.56. The van der Waals surface area contributed by atoms with E-state index in [2.05, 4.69) is 0 Å². The number of halogens is 3. The van der Waals surface area contributed by atoms with Gasteiger partial charge in [-0.05, 0) is 48.0 Å². The molecule has 3 aromatic carbocycles. The zero-order valence-electron chi connectivity index (χ0n) is 14.8. The van der Waals surface area contributed by atoms with Gasteiger partial charge in [-0.2, -0.15) is 0 Å². The lowest BCUT2D eigenvalue weighted by atomic mass is 10.0. The number of aliphatic imine (C=N–C) groups is 1. The summed E-state index contributed by atoms with van der Waals surface area (Å²) in [5.74, 6) is -0.385. The highest BCUT2D eigenvalue weighted by Gasteiger charge is 2.32. The number of benzene rings is 3. The minimum atomic E-state index is -2.70. The molecule has 0 aromatic heterocycles. The Hall–Kier alpha value is -3.34. The maximum Gasteiger partial charge on any atom is 0.278 e. The van der Waals surface area contributed by atoms with Crippen molar-refractivity contribution in [1.82, 2.24) is 0 Å². The van der Waals surface area contributed by atoms with E-state index >= 15 is 0 Å². The van der Waals surface area contributed by atoms with E-state index in [1.165, 1.54) is 18.2 Å². The molecule has 3 aromatic rings. The number of nitrogens with zero attached hydrogens (tertiary/aromatic N) is 2. The maximum absolute atomic E-state index is 14.1. The predicted molar refractivity (Wildman–Crippen MR) is 105 cm³/mol. The molecule has 1 unspecified atom stereocenters. The second-order valence-electron chi connectivity index (χ2n) is 6.38. The Morgan fingerprint density at radius 2 is 1.39 bits per heavy atom. The van der Waals surface area contributed by atoms with E-state index in [-0.39, 0.29) is 11.5 Å². The SMILES string of the molecule is Fc1ccc(C2=NC(c3ccccc3)N(c3ccccc3)C(C(F)F)=C2)cc1. The highest BCUT2D eigenvalue weighted by atomic mass is 19.3. The van der Waals surface area contributed by atoms with Crippen molar-refractivity contribution in [2.45, 2.75) is 12.6 Å². The monoisotopic (exact) mass is 378 g/mol. The van der Waals surface area contributed by atoms with Gasteiger partial charge in [0.2, 0.25) is 0 Å². The molecule has 0 saturated carbocycles. The smallest absolute Gasteiger partial charge is 0.278 e. The van der Waals surface area contributed by atoms with E-state index in [0.717, 1.165) is 5.56 Å². The summed E-state index contributed by atoms with van der Waals surface area (Å²) >= 11 is 0. The molecule has 0 radical (unpaired) electrons. The van der Waals surface area contributed by atoms with E-state index < -0.39 is 12.6 Å². The van der Waals surface area contributed by atoms with Gasteiger partial charge in [0, 0.05) is 11.3 Å². The van der Waals surface area contributed by atoms with E-state index in [4.69, 9.17) is 4.99 Å². The summed E-state index contributed by atoms with van der Waals surface area (Å²) in [7, 11) is 0. The zero-order valence-corrected chi connectivity index (χ0v) is 14.8. The first-order chi connectivity index (χ1) is 13.6. The van der Waals surface area contributed by atoms with Crippen molar-refractivity contribution in [3.8, 4) is 0 Å². The molecule has 0 amide bonds. The lowest BCUT2D eigenvalue weighted by Crippen LogP contribution is -2.34. The first kappa shape index (κ1) is 18.0. The molecule has 0 spiro atoms. The van der Waals surface area contributed by atoms with Crippen LogP contribution in [0.1, 0.15) is 17.3 Å². The number of allylic oxidation sites excluding steroid dienone is 2. The number of rotatable bonds is 4. The summed E-state index contributed by atoms with van der Waals surface area (Å²) < 4.78 is 41.4. The van der Waals surface area contributed by atoms with Crippen LogP contribution in [-0.2, 0) is 0 Å². The third kappa shape index (κ3) is 3.56. The Kier molecular flexibility index (Phi) is 4.98. The van der Waals surface area contributed by atoms with Gasteiger partial charge < -0.3 is 4.90 Å². The van der Waals surface area contributed by atoms with Gasteiger partial charge in [-0.1, -0.05) is 48.5 Å². The van der Waals surface area contributed by atoms with E-state index in [1.807, 2.05) is 36.4 Å². The Morgan fingerprint density at radius 3 is 2.00 bits per heavy atom. The van der Waals surface area contributed by atoms with Crippen LogP contribution < -0.4 is 4.90 Å². The lowest BCUT2D eigenvalue weighted by Gasteiger charge is -2.36. The van der Waals surface area contributed by atoms with Crippen LogP contribution in [0, 0.1) is 5.82 Å². The zero-order chi connectivity index (χ0) is 19.5. The molecule has 0 N–H and O–H groups in total. The van der Waals surface area contributed by atoms with Crippen molar-refractivity contribution in [3.05, 3.63) is 114 Å². The molecule has 0 saturated heterocycles. The average molecular weight is 378 g/mol. The van der Waals surface area contributed by atoms with Gasteiger partial charge in [0.25, 0.3) is 6.43 Å². The van der Waals surface area contributed by atoms with Crippen LogP contribution in [-0.4, -0.2) is 12.1 Å². The summed E-state index contributed by atoms with van der Waals surface area (Å²) in [4.78, 5) is 6.30. The van der Waals surface area contributed by atoms with Crippen LogP contribution in [0.15, 0.2) is 102 Å². The number of hydrogen-bond acceptors (Lipinski definition) is 2. The molecule has 1 aliphatic rings. The summed E-state index contributed by atoms with van der Waals surface area (Å²) in [5.41, 5.74) is 2.26. The van der Waals surface area contributed by atoms with E-state index in [9.17, 15) is 13.2 Å². The van der Waals surface area contributed by atoms with Gasteiger partial charge in [0.1, 0.15) is 5.82 Å². The summed E-state index contributed by atoms with van der Waals surface area (Å²) in [6.07, 6.45) is -1.97. The Labute approximate surface area is 161 Å². The number of para-hydroxylation sites is 1. The fourth-order valence-corrected chi connectivity index (χ4v) is 3.25. The molecule has 1 heterocycles. The van der Waals surface area contributed by atoms with Gasteiger partial charge in [0.15, 0.2) is 6.17 Å². The fraction of sp³-hybridized carbons (Fsp3) is 0.0870. The first-order valence-electron chi connectivity index (χ1n) is 8.86. The molecule has 28 heavy (non-hydrogen) atoms. The van der Waals surface area contributed by atoms with Crippen molar-refractivity contribution in [2.24, 2.45) is 4.99 Å². The molecule has 140 valence electrons. The summed E-state index contributed by atoms with van der Waals surface area (Å²) in [6.45, 7) is 0. The standard InChI is InChI=1S/C23H17F3N2/c24-18-13-11-16(12-14-18)20-15-21(22(25)26)28(19-9-5-2-6-10-19)23(27-20)17-7-3-1-4-8-17/h1-15,22-23H. The van der Waals surface area contributed by atoms with Gasteiger partial charge >= 0.3 is 0 Å². The number of hydrogen-bond donors (Lipinski definition) is 0. The second kappa shape index (κ2) is 7.72. The Balaban J connectivity index is 1.88. The molecule has 1 aliphatic heterocycles. The van der Waals surface area contributed by atoms with E-state index in [0.29, 0.717) is 17.0 Å². The van der Waals surface area contributed by atoms with Gasteiger partial charge in [0.05, 0.1) is 11.4 Å². The normalized spacial score (nSPS) is 16.7. The summed E-state index contributed by atoms with van der Waals surface area (Å²) in [6, 6.07) is 24.0. The van der Waals surface area contributed by atoms with Crippen LogP contribution in [0.5, 0.6) is 0 Å².